The zero-order valence-corrected chi connectivity index (χ0v) is 22.3. The van der Waals surface area contributed by atoms with E-state index in [0.29, 0.717) is 34.6 Å². The molecule has 0 amide bonds. The molecular weight excluding hydrogens is 509 g/mol. The smallest absolute Gasteiger partial charge is 0.190 e. The third-order valence-corrected chi connectivity index (χ3v) is 6.27. The summed E-state index contributed by atoms with van der Waals surface area (Å²) < 4.78 is 33.0. The van der Waals surface area contributed by atoms with Crippen LogP contribution in [-0.2, 0) is 13.6 Å². The summed E-state index contributed by atoms with van der Waals surface area (Å²) in [6, 6.07) is 8.49. The second kappa shape index (κ2) is 10.6. The highest BCUT2D eigenvalue weighted by atomic mass is 32.2. The Morgan fingerprint density at radius 3 is 2.66 bits per heavy atom. The Morgan fingerprint density at radius 1 is 1.11 bits per heavy atom. The molecule has 0 aliphatic rings. The van der Waals surface area contributed by atoms with E-state index in [9.17, 15) is 0 Å². The molecule has 0 fully saturated rings. The van der Waals surface area contributed by atoms with Crippen molar-refractivity contribution in [1.29, 1.82) is 0 Å². The molecule has 196 valence electrons. The monoisotopic (exact) mass is 535 g/mol. The summed E-state index contributed by atoms with van der Waals surface area (Å²) in [5, 5.41) is 8.90. The second-order valence-corrected chi connectivity index (χ2v) is 9.79. The van der Waals surface area contributed by atoms with Gasteiger partial charge in [0.05, 0.1) is 56.7 Å². The number of aryl methyl sites for hydroxylation is 1. The van der Waals surface area contributed by atoms with Crippen LogP contribution in [0.25, 0.3) is 22.4 Å². The lowest BCUT2D eigenvalue weighted by Crippen LogP contribution is -2.23. The molecule has 13 heteroatoms. The summed E-state index contributed by atoms with van der Waals surface area (Å²) in [4.78, 5) is 14.2. The Bertz CT molecular complexity index is 1680. The number of hydrogen-bond donors (Lipinski definition) is 0. The zero-order chi connectivity index (χ0) is 26.8. The largest absolute Gasteiger partial charge is 0.497 e. The Balaban J connectivity index is 1.72. The average molecular weight is 536 g/mol. The van der Waals surface area contributed by atoms with Gasteiger partial charge in [0, 0.05) is 37.1 Å². The molecule has 5 aromatic rings. The Hall–Kier alpha value is -4.23. The highest BCUT2D eigenvalue weighted by molar-refractivity contribution is 7.95. The fraction of sp³-hybridized carbons (Fsp3) is 0.240. The molecule has 0 spiro atoms. The Morgan fingerprint density at radius 2 is 1.95 bits per heavy atom. The molecule has 4 heterocycles. The molecule has 11 nitrogen and oxygen atoms in total. The standard InChI is InChI=1S/C25H26FN9O2S/c1-32(2)38-35-9-8-17(31-35)15-34-23(29-20-10-18(36-4)11-22(37-5)24(20)26)7-6-19-25(34)30-21(13-27-19)16-12-28-33(3)14-16/h6-14H,15H2,1-5H3. The van der Waals surface area contributed by atoms with Gasteiger partial charge in [0.1, 0.15) is 22.4 Å². The van der Waals surface area contributed by atoms with Crippen LogP contribution in [0.4, 0.5) is 10.1 Å². The van der Waals surface area contributed by atoms with Crippen LogP contribution in [0.15, 0.2) is 60.1 Å². The van der Waals surface area contributed by atoms with E-state index >= 15 is 4.39 Å². The van der Waals surface area contributed by atoms with Crippen LogP contribution in [0.2, 0.25) is 0 Å². The third-order valence-electron chi connectivity index (χ3n) is 5.58. The van der Waals surface area contributed by atoms with Gasteiger partial charge in [-0.05, 0) is 32.3 Å². The minimum absolute atomic E-state index is 0.0357. The van der Waals surface area contributed by atoms with E-state index in [-0.39, 0.29) is 11.4 Å². The Labute approximate surface area is 222 Å². The molecule has 4 aromatic heterocycles. The number of rotatable bonds is 8. The van der Waals surface area contributed by atoms with Gasteiger partial charge in [-0.3, -0.25) is 9.67 Å². The molecule has 0 unspecified atom stereocenters. The van der Waals surface area contributed by atoms with Crippen molar-refractivity contribution >= 4 is 29.0 Å². The normalized spacial score (nSPS) is 12.0. The quantitative estimate of drug-likeness (QED) is 0.279. The second-order valence-electron chi connectivity index (χ2n) is 8.52. The van der Waals surface area contributed by atoms with Crippen LogP contribution >= 0.6 is 12.1 Å². The van der Waals surface area contributed by atoms with Gasteiger partial charge in [-0.2, -0.15) is 14.3 Å². The number of nitrogens with zero attached hydrogens (tertiary/aromatic N) is 9. The topological polar surface area (TPSA) is 100 Å². The maximum atomic E-state index is 15.2. The number of pyridine rings is 1. The predicted molar refractivity (Wildman–Crippen MR) is 142 cm³/mol. The van der Waals surface area contributed by atoms with Gasteiger partial charge in [-0.1, -0.05) is 0 Å². The van der Waals surface area contributed by atoms with Gasteiger partial charge in [0.25, 0.3) is 0 Å². The molecule has 0 aliphatic heterocycles. The summed E-state index contributed by atoms with van der Waals surface area (Å²) in [6.07, 6.45) is 7.18. The van der Waals surface area contributed by atoms with Gasteiger partial charge in [-0.25, -0.2) is 18.7 Å². The van der Waals surface area contributed by atoms with Gasteiger partial charge in [0.2, 0.25) is 0 Å². The van der Waals surface area contributed by atoms with E-state index in [1.165, 1.54) is 38.5 Å². The van der Waals surface area contributed by atoms with Gasteiger partial charge < -0.3 is 14.0 Å². The summed E-state index contributed by atoms with van der Waals surface area (Å²) in [6.45, 7) is 0.324. The zero-order valence-electron chi connectivity index (χ0n) is 21.5. The fourth-order valence-corrected chi connectivity index (χ4v) is 4.43. The number of hydrogen-bond acceptors (Lipinski definition) is 9. The van der Waals surface area contributed by atoms with Crippen LogP contribution in [-0.4, -0.2) is 66.1 Å². The third kappa shape index (κ3) is 5.24. The van der Waals surface area contributed by atoms with E-state index < -0.39 is 5.82 Å². The SMILES string of the molecule is COc1cc(N=c2ccc3ncc(-c4cnn(C)c4)nc3n2Cc2ccn(SN(C)C)n2)c(F)c(OC)c1. The highest BCUT2D eigenvalue weighted by Gasteiger charge is 2.14. The average Bonchev–Trinajstić information content (AvgIpc) is 3.54. The predicted octanol–water partition coefficient (Wildman–Crippen LogP) is 3.44. The van der Waals surface area contributed by atoms with Crippen molar-refractivity contribution in [3.8, 4) is 22.8 Å². The number of halogens is 1. The molecule has 0 bridgehead atoms. The van der Waals surface area contributed by atoms with E-state index in [2.05, 4.69) is 20.2 Å². The Kier molecular flexibility index (Phi) is 7.11. The lowest BCUT2D eigenvalue weighted by molar-refractivity contribution is 0.374. The van der Waals surface area contributed by atoms with Crippen molar-refractivity contribution in [2.45, 2.75) is 6.54 Å². The molecule has 0 saturated heterocycles. The lowest BCUT2D eigenvalue weighted by Gasteiger charge is -2.12. The minimum atomic E-state index is -0.596. The number of aromatic nitrogens is 7. The molecule has 0 saturated carbocycles. The first-order valence-electron chi connectivity index (χ1n) is 11.6. The van der Waals surface area contributed by atoms with E-state index in [1.807, 2.05) is 48.5 Å². The fourth-order valence-electron chi connectivity index (χ4n) is 3.83. The van der Waals surface area contributed by atoms with Crippen LogP contribution in [0, 0.1) is 5.82 Å². The summed E-state index contributed by atoms with van der Waals surface area (Å²) in [7, 11) is 8.62. The molecule has 1 aromatic carbocycles. The van der Waals surface area contributed by atoms with E-state index in [0.717, 1.165) is 11.3 Å². The van der Waals surface area contributed by atoms with Crippen LogP contribution in [0.1, 0.15) is 5.69 Å². The number of ether oxygens (including phenoxy) is 2. The lowest BCUT2D eigenvalue weighted by atomic mass is 10.2. The number of benzene rings is 1. The highest BCUT2D eigenvalue weighted by Crippen LogP contribution is 2.32. The molecule has 5 rings (SSSR count). The summed E-state index contributed by atoms with van der Waals surface area (Å²) >= 11 is 1.44. The molecule has 0 atom stereocenters. The van der Waals surface area contributed by atoms with Gasteiger partial charge in [0.15, 0.2) is 17.2 Å². The molecule has 0 aliphatic carbocycles. The van der Waals surface area contributed by atoms with Crippen LogP contribution in [0.3, 0.4) is 0 Å². The van der Waals surface area contributed by atoms with Crippen molar-refractivity contribution in [2.75, 3.05) is 28.3 Å². The number of methoxy groups -OCH3 is 2. The first-order chi connectivity index (χ1) is 18.3. The van der Waals surface area contributed by atoms with Crippen molar-refractivity contribution in [3.05, 3.63) is 72.1 Å². The number of fused-ring (bicyclic) bond motifs is 1. The van der Waals surface area contributed by atoms with Crippen molar-refractivity contribution in [2.24, 2.45) is 12.0 Å². The summed E-state index contributed by atoms with van der Waals surface area (Å²) in [5.74, 6) is -0.136. The van der Waals surface area contributed by atoms with Crippen LogP contribution in [0.5, 0.6) is 11.5 Å². The maximum Gasteiger partial charge on any atom is 0.190 e. The molecule has 38 heavy (non-hydrogen) atoms. The van der Waals surface area contributed by atoms with Crippen molar-refractivity contribution in [3.63, 3.8) is 0 Å². The molecule has 0 radical (unpaired) electrons. The molecule has 0 N–H and O–H groups in total. The maximum absolute atomic E-state index is 15.2. The molecular formula is C25H26FN9O2S. The van der Waals surface area contributed by atoms with Gasteiger partial charge in [-0.15, -0.1) is 0 Å². The minimum Gasteiger partial charge on any atom is -0.497 e. The first kappa shape index (κ1) is 25.4. The van der Waals surface area contributed by atoms with Crippen molar-refractivity contribution < 1.29 is 13.9 Å². The first-order valence-corrected chi connectivity index (χ1v) is 12.3. The summed E-state index contributed by atoms with van der Waals surface area (Å²) in [5.41, 5.74) is 4.00. The van der Waals surface area contributed by atoms with Crippen molar-refractivity contribution in [1.82, 2.24) is 37.8 Å². The van der Waals surface area contributed by atoms with E-state index in [1.54, 1.807) is 33.3 Å². The van der Waals surface area contributed by atoms with Crippen LogP contribution < -0.4 is 15.0 Å². The van der Waals surface area contributed by atoms with E-state index in [4.69, 9.17) is 14.5 Å². The van der Waals surface area contributed by atoms with Gasteiger partial charge >= 0.3 is 0 Å².